The van der Waals surface area contributed by atoms with Gasteiger partial charge in [-0.15, -0.1) is 0 Å². The van der Waals surface area contributed by atoms with E-state index in [4.69, 9.17) is 16.1 Å². The van der Waals surface area contributed by atoms with Gasteiger partial charge in [-0.1, -0.05) is 35.0 Å². The lowest BCUT2D eigenvalue weighted by molar-refractivity contribution is 0.400. The molecular weight excluding hydrogens is 376 g/mol. The minimum Gasteiger partial charge on any atom is -0.360 e. The Morgan fingerprint density at radius 1 is 1.18 bits per heavy atom. The lowest BCUT2D eigenvalue weighted by Gasteiger charge is -2.15. The molecule has 6 nitrogen and oxygen atoms in total. The molecule has 4 aromatic rings. The van der Waals surface area contributed by atoms with E-state index in [-0.39, 0.29) is 0 Å². The fourth-order valence-corrected chi connectivity index (χ4v) is 3.64. The molecule has 1 saturated carbocycles. The van der Waals surface area contributed by atoms with Gasteiger partial charge in [0, 0.05) is 11.5 Å². The van der Waals surface area contributed by atoms with Gasteiger partial charge in [-0.2, -0.15) is 4.98 Å². The van der Waals surface area contributed by atoms with Crippen molar-refractivity contribution >= 4 is 34.1 Å². The smallest absolute Gasteiger partial charge is 0.354 e. The normalized spacial score (nSPS) is 13.8. The second-order valence-corrected chi connectivity index (χ2v) is 7.44. The summed E-state index contributed by atoms with van der Waals surface area (Å²) >= 11 is 6.39. The van der Waals surface area contributed by atoms with E-state index < -0.39 is 5.69 Å². The van der Waals surface area contributed by atoms with Gasteiger partial charge in [0.1, 0.15) is 11.6 Å². The van der Waals surface area contributed by atoms with E-state index in [9.17, 15) is 4.79 Å². The predicted molar refractivity (Wildman–Crippen MR) is 109 cm³/mol. The number of anilines is 2. The van der Waals surface area contributed by atoms with Crippen LogP contribution in [0.25, 0.3) is 16.6 Å². The van der Waals surface area contributed by atoms with E-state index >= 15 is 0 Å². The Balaban J connectivity index is 1.76. The molecule has 0 radical (unpaired) electrons. The standard InChI is InChI=1S/C21H17ClN4O2/c1-12-10-19(25-28-12)23-20-15-9-8-14(13-6-7-13)11-18(15)26(21(27)24-20)17-5-3-2-4-16(17)22/h2-5,8-11,13H,6-7H2,1H3,(H,23,24,25,27). The van der Waals surface area contributed by atoms with Crippen LogP contribution >= 0.6 is 11.6 Å². The first-order valence-corrected chi connectivity index (χ1v) is 9.50. The van der Waals surface area contributed by atoms with E-state index in [1.54, 1.807) is 23.6 Å². The van der Waals surface area contributed by atoms with Crippen molar-refractivity contribution < 1.29 is 4.52 Å². The Hall–Kier alpha value is -3.12. The number of nitrogens with one attached hydrogen (secondary N) is 1. The molecule has 140 valence electrons. The average molecular weight is 393 g/mol. The molecule has 2 aromatic carbocycles. The highest BCUT2D eigenvalue weighted by Crippen LogP contribution is 2.41. The van der Waals surface area contributed by atoms with Crippen LogP contribution in [0.3, 0.4) is 0 Å². The number of hydrogen-bond acceptors (Lipinski definition) is 5. The number of rotatable bonds is 4. The zero-order valence-electron chi connectivity index (χ0n) is 15.1. The first kappa shape index (κ1) is 17.0. The molecule has 2 aromatic heterocycles. The van der Waals surface area contributed by atoms with Gasteiger partial charge in [-0.05, 0) is 55.5 Å². The molecule has 1 N–H and O–H groups in total. The van der Waals surface area contributed by atoms with E-state index in [2.05, 4.69) is 27.6 Å². The summed E-state index contributed by atoms with van der Waals surface area (Å²) in [6.07, 6.45) is 2.35. The number of fused-ring (bicyclic) bond motifs is 1. The van der Waals surface area contributed by atoms with Crippen molar-refractivity contribution in [3.8, 4) is 5.69 Å². The zero-order chi connectivity index (χ0) is 19.3. The summed E-state index contributed by atoms with van der Waals surface area (Å²) in [5.41, 5.74) is 2.20. The zero-order valence-corrected chi connectivity index (χ0v) is 15.9. The van der Waals surface area contributed by atoms with Crippen LogP contribution in [0.5, 0.6) is 0 Å². The fraction of sp³-hybridized carbons (Fsp3) is 0.190. The Morgan fingerprint density at radius 2 is 2.00 bits per heavy atom. The van der Waals surface area contributed by atoms with Gasteiger partial charge in [0.25, 0.3) is 0 Å². The third kappa shape index (κ3) is 2.96. The van der Waals surface area contributed by atoms with E-state index in [0.717, 1.165) is 10.9 Å². The van der Waals surface area contributed by atoms with Crippen LogP contribution in [-0.4, -0.2) is 14.7 Å². The summed E-state index contributed by atoms with van der Waals surface area (Å²) in [7, 11) is 0. The highest BCUT2D eigenvalue weighted by molar-refractivity contribution is 6.32. The van der Waals surface area contributed by atoms with Gasteiger partial charge in [0.05, 0.1) is 16.2 Å². The summed E-state index contributed by atoms with van der Waals surface area (Å²) < 4.78 is 6.68. The summed E-state index contributed by atoms with van der Waals surface area (Å²) in [4.78, 5) is 17.3. The van der Waals surface area contributed by atoms with Crippen molar-refractivity contribution in [2.75, 3.05) is 5.32 Å². The summed E-state index contributed by atoms with van der Waals surface area (Å²) in [6.45, 7) is 1.81. The van der Waals surface area contributed by atoms with Crippen molar-refractivity contribution in [1.82, 2.24) is 14.7 Å². The molecule has 0 spiro atoms. The molecule has 5 rings (SSSR count). The van der Waals surface area contributed by atoms with E-state index in [1.165, 1.54) is 18.4 Å². The lowest BCUT2D eigenvalue weighted by atomic mass is 10.1. The topological polar surface area (TPSA) is 73.0 Å². The van der Waals surface area contributed by atoms with Crippen molar-refractivity contribution in [3.63, 3.8) is 0 Å². The highest BCUT2D eigenvalue weighted by Gasteiger charge is 2.25. The SMILES string of the molecule is Cc1cc(Nc2nc(=O)n(-c3ccccc3Cl)c3cc(C4CC4)ccc23)no1. The average Bonchev–Trinajstić information content (AvgIpc) is 3.45. The van der Waals surface area contributed by atoms with Crippen molar-refractivity contribution in [2.24, 2.45) is 0 Å². The van der Waals surface area contributed by atoms with Crippen LogP contribution in [0.15, 0.2) is 57.8 Å². The molecule has 0 unspecified atom stereocenters. The number of aryl methyl sites for hydroxylation is 1. The minimum absolute atomic E-state index is 0.406. The van der Waals surface area contributed by atoms with Crippen molar-refractivity contribution in [1.29, 1.82) is 0 Å². The molecule has 0 bridgehead atoms. The van der Waals surface area contributed by atoms with Crippen LogP contribution in [0, 0.1) is 6.92 Å². The van der Waals surface area contributed by atoms with Gasteiger partial charge in [-0.25, -0.2) is 4.79 Å². The number of para-hydroxylation sites is 1. The third-order valence-corrected chi connectivity index (χ3v) is 5.25. The summed E-state index contributed by atoms with van der Waals surface area (Å²) in [5.74, 6) is 2.18. The van der Waals surface area contributed by atoms with Gasteiger partial charge >= 0.3 is 5.69 Å². The minimum atomic E-state index is -0.406. The Labute approximate surface area is 165 Å². The van der Waals surface area contributed by atoms with Crippen molar-refractivity contribution in [3.05, 3.63) is 75.4 Å². The molecule has 0 saturated heterocycles. The fourth-order valence-electron chi connectivity index (χ4n) is 3.42. The van der Waals surface area contributed by atoms with Gasteiger partial charge in [0.2, 0.25) is 0 Å². The number of aromatic nitrogens is 3. The predicted octanol–water partition coefficient (Wildman–Crippen LogP) is 4.96. The highest BCUT2D eigenvalue weighted by atomic mass is 35.5. The Morgan fingerprint density at radius 3 is 2.71 bits per heavy atom. The second-order valence-electron chi connectivity index (χ2n) is 7.03. The van der Waals surface area contributed by atoms with Crippen LogP contribution in [-0.2, 0) is 0 Å². The molecule has 28 heavy (non-hydrogen) atoms. The largest absolute Gasteiger partial charge is 0.360 e. The molecule has 0 aliphatic heterocycles. The maximum Gasteiger partial charge on any atom is 0.354 e. The number of halogens is 1. The van der Waals surface area contributed by atoms with Crippen LogP contribution in [0.4, 0.5) is 11.6 Å². The van der Waals surface area contributed by atoms with Gasteiger partial charge in [-0.3, -0.25) is 4.57 Å². The van der Waals surface area contributed by atoms with Crippen LogP contribution in [0.2, 0.25) is 5.02 Å². The maximum atomic E-state index is 13.0. The molecule has 1 aliphatic carbocycles. The molecule has 0 atom stereocenters. The monoisotopic (exact) mass is 392 g/mol. The molecule has 7 heteroatoms. The molecule has 1 aliphatic rings. The van der Waals surface area contributed by atoms with Crippen molar-refractivity contribution in [2.45, 2.75) is 25.7 Å². The van der Waals surface area contributed by atoms with Crippen LogP contribution in [0.1, 0.15) is 30.1 Å². The second kappa shape index (κ2) is 6.49. The third-order valence-electron chi connectivity index (χ3n) is 4.93. The Kier molecular flexibility index (Phi) is 3.94. The summed E-state index contributed by atoms with van der Waals surface area (Å²) in [5, 5.41) is 8.35. The van der Waals surface area contributed by atoms with E-state index in [0.29, 0.717) is 34.0 Å². The first-order valence-electron chi connectivity index (χ1n) is 9.12. The lowest BCUT2D eigenvalue weighted by Crippen LogP contribution is -2.23. The van der Waals surface area contributed by atoms with Gasteiger partial charge < -0.3 is 9.84 Å². The number of hydrogen-bond donors (Lipinski definition) is 1. The summed E-state index contributed by atoms with van der Waals surface area (Å²) in [6, 6.07) is 15.2. The molecular formula is C21H17ClN4O2. The maximum absolute atomic E-state index is 13.0. The first-order chi connectivity index (χ1) is 13.6. The van der Waals surface area contributed by atoms with Crippen LogP contribution < -0.4 is 11.0 Å². The Bertz CT molecular complexity index is 1260. The van der Waals surface area contributed by atoms with Gasteiger partial charge in [0.15, 0.2) is 5.82 Å². The number of benzene rings is 2. The molecule has 1 fully saturated rings. The molecule has 2 heterocycles. The van der Waals surface area contributed by atoms with E-state index in [1.807, 2.05) is 24.3 Å². The number of nitrogens with zero attached hydrogens (tertiary/aromatic N) is 3. The molecule has 0 amide bonds. The quantitative estimate of drug-likeness (QED) is 0.531.